The third kappa shape index (κ3) is 2.84. The van der Waals surface area contributed by atoms with Crippen LogP contribution in [0.3, 0.4) is 0 Å². The number of fused-ring (bicyclic) bond motifs is 5. The minimum absolute atomic E-state index is 0.0208. The van der Waals surface area contributed by atoms with Gasteiger partial charge in [-0.2, -0.15) is 0 Å². The number of nitrogens with zero attached hydrogens (tertiary/aromatic N) is 4. The van der Waals surface area contributed by atoms with E-state index >= 15 is 0 Å². The molecule has 0 radical (unpaired) electrons. The van der Waals surface area contributed by atoms with Crippen molar-refractivity contribution in [2.45, 2.75) is 39.3 Å². The number of amides is 1. The average molecular weight is 376 g/mol. The SMILES string of the molecule is Cc1noc(C)c1CN1C(=O)[C@H]2CC[C@@H]1CN(c1ccc3ccccc3n1)C2. The van der Waals surface area contributed by atoms with Crippen LogP contribution in [-0.4, -0.2) is 40.1 Å². The fourth-order valence-electron chi connectivity index (χ4n) is 4.56. The number of hydrogen-bond acceptors (Lipinski definition) is 5. The van der Waals surface area contributed by atoms with E-state index in [9.17, 15) is 4.79 Å². The second-order valence-electron chi connectivity index (χ2n) is 7.96. The average Bonchev–Trinajstić information content (AvgIpc) is 2.89. The van der Waals surface area contributed by atoms with E-state index in [4.69, 9.17) is 9.51 Å². The lowest BCUT2D eigenvalue weighted by molar-refractivity contribution is -0.140. The van der Waals surface area contributed by atoms with E-state index in [0.717, 1.165) is 59.7 Å². The highest BCUT2D eigenvalue weighted by Crippen LogP contribution is 2.33. The first kappa shape index (κ1) is 17.2. The van der Waals surface area contributed by atoms with Crippen LogP contribution in [0.5, 0.6) is 0 Å². The summed E-state index contributed by atoms with van der Waals surface area (Å²) in [6, 6.07) is 12.5. The molecule has 3 fully saturated rings. The number of benzene rings is 1. The number of carbonyl (C=O) groups excluding carboxylic acids is 1. The number of carbonyl (C=O) groups is 1. The lowest BCUT2D eigenvalue weighted by atomic mass is 9.93. The molecular weight excluding hydrogens is 352 g/mol. The molecule has 3 aliphatic rings. The van der Waals surface area contributed by atoms with E-state index in [1.807, 2.05) is 36.9 Å². The molecule has 3 aliphatic heterocycles. The highest BCUT2D eigenvalue weighted by atomic mass is 16.5. The van der Waals surface area contributed by atoms with Gasteiger partial charge in [-0.3, -0.25) is 4.79 Å². The van der Waals surface area contributed by atoms with Crippen molar-refractivity contribution < 1.29 is 9.32 Å². The second kappa shape index (κ2) is 6.62. The van der Waals surface area contributed by atoms with Crippen molar-refractivity contribution in [2.75, 3.05) is 18.0 Å². The first-order valence-corrected chi connectivity index (χ1v) is 9.93. The normalized spacial score (nSPS) is 22.1. The van der Waals surface area contributed by atoms with Gasteiger partial charge in [0.15, 0.2) is 0 Å². The molecule has 2 bridgehead atoms. The summed E-state index contributed by atoms with van der Waals surface area (Å²) in [6.07, 6.45) is 1.98. The summed E-state index contributed by atoms with van der Waals surface area (Å²) in [6.45, 7) is 5.99. The number of pyridine rings is 1. The third-order valence-electron chi connectivity index (χ3n) is 6.21. The zero-order valence-corrected chi connectivity index (χ0v) is 16.3. The molecule has 2 aromatic heterocycles. The van der Waals surface area contributed by atoms with Crippen LogP contribution in [0.25, 0.3) is 10.9 Å². The van der Waals surface area contributed by atoms with Crippen molar-refractivity contribution in [1.82, 2.24) is 15.0 Å². The molecule has 144 valence electrons. The van der Waals surface area contributed by atoms with E-state index in [1.54, 1.807) is 0 Å². The lowest BCUT2D eigenvalue weighted by Crippen LogP contribution is -2.47. The Kier molecular flexibility index (Phi) is 4.07. The van der Waals surface area contributed by atoms with E-state index in [0.29, 0.717) is 6.54 Å². The highest BCUT2D eigenvalue weighted by molar-refractivity contribution is 5.82. The molecule has 0 unspecified atom stereocenters. The maximum atomic E-state index is 13.2. The molecule has 2 atom stereocenters. The Labute approximate surface area is 164 Å². The zero-order valence-electron chi connectivity index (χ0n) is 16.3. The molecule has 1 amide bonds. The van der Waals surface area contributed by atoms with E-state index in [-0.39, 0.29) is 17.9 Å². The van der Waals surface area contributed by atoms with E-state index in [2.05, 4.69) is 28.3 Å². The van der Waals surface area contributed by atoms with Gasteiger partial charge in [0.1, 0.15) is 11.6 Å². The van der Waals surface area contributed by atoms with Gasteiger partial charge in [-0.05, 0) is 44.9 Å². The van der Waals surface area contributed by atoms with Gasteiger partial charge in [0.05, 0.1) is 23.7 Å². The van der Waals surface area contributed by atoms with Gasteiger partial charge in [0, 0.05) is 30.1 Å². The molecule has 1 aromatic carbocycles. The summed E-state index contributed by atoms with van der Waals surface area (Å²) >= 11 is 0. The standard InChI is InChI=1S/C22H24N4O2/c1-14-19(15(2)28-24-14)13-26-18-9-7-17(22(26)27)11-25(12-18)21-10-8-16-5-3-4-6-20(16)23-21/h3-6,8,10,17-18H,7,9,11-13H2,1-2H3/t17-,18+/m0/s1. The molecule has 0 N–H and O–H groups in total. The molecular formula is C22H24N4O2. The summed E-state index contributed by atoms with van der Waals surface area (Å²) < 4.78 is 5.31. The molecule has 5 heterocycles. The predicted octanol–water partition coefficient (Wildman–Crippen LogP) is 3.47. The molecule has 3 saturated heterocycles. The summed E-state index contributed by atoms with van der Waals surface area (Å²) in [5, 5.41) is 5.19. The lowest BCUT2D eigenvalue weighted by Gasteiger charge is -2.35. The summed E-state index contributed by atoms with van der Waals surface area (Å²) in [7, 11) is 0. The van der Waals surface area contributed by atoms with Crippen molar-refractivity contribution in [3.8, 4) is 0 Å². The monoisotopic (exact) mass is 376 g/mol. The number of anilines is 1. The van der Waals surface area contributed by atoms with Crippen LogP contribution >= 0.6 is 0 Å². The number of para-hydroxylation sites is 1. The van der Waals surface area contributed by atoms with E-state index < -0.39 is 0 Å². The van der Waals surface area contributed by atoms with Crippen LogP contribution in [0.15, 0.2) is 40.9 Å². The molecule has 3 aromatic rings. The molecule has 6 rings (SSSR count). The Morgan fingerprint density at radius 2 is 1.96 bits per heavy atom. The van der Waals surface area contributed by atoms with Crippen LogP contribution < -0.4 is 4.90 Å². The van der Waals surface area contributed by atoms with Gasteiger partial charge in [0.2, 0.25) is 5.91 Å². The topological polar surface area (TPSA) is 62.5 Å². The largest absolute Gasteiger partial charge is 0.361 e. The van der Waals surface area contributed by atoms with Crippen molar-refractivity contribution >= 4 is 22.6 Å². The van der Waals surface area contributed by atoms with Crippen molar-refractivity contribution in [3.63, 3.8) is 0 Å². The molecule has 6 nitrogen and oxygen atoms in total. The molecule has 6 heteroatoms. The van der Waals surface area contributed by atoms with Gasteiger partial charge >= 0.3 is 0 Å². The predicted molar refractivity (Wildman–Crippen MR) is 107 cm³/mol. The smallest absolute Gasteiger partial charge is 0.228 e. The Balaban J connectivity index is 1.44. The molecule has 0 aliphatic carbocycles. The van der Waals surface area contributed by atoms with Gasteiger partial charge in [0.25, 0.3) is 0 Å². The number of hydrogen-bond donors (Lipinski definition) is 0. The van der Waals surface area contributed by atoms with Crippen LogP contribution in [-0.2, 0) is 11.3 Å². The Hall–Kier alpha value is -2.89. The Morgan fingerprint density at radius 3 is 2.79 bits per heavy atom. The van der Waals surface area contributed by atoms with E-state index in [1.165, 1.54) is 0 Å². The summed E-state index contributed by atoms with van der Waals surface area (Å²) in [4.78, 5) is 22.4. The second-order valence-corrected chi connectivity index (χ2v) is 7.96. The van der Waals surface area contributed by atoms with Crippen LogP contribution in [0.1, 0.15) is 29.9 Å². The Bertz CT molecular complexity index is 1020. The first-order chi connectivity index (χ1) is 13.6. The minimum Gasteiger partial charge on any atom is -0.361 e. The first-order valence-electron chi connectivity index (χ1n) is 9.93. The van der Waals surface area contributed by atoms with Crippen LogP contribution in [0, 0.1) is 19.8 Å². The molecule has 28 heavy (non-hydrogen) atoms. The van der Waals surface area contributed by atoms with Gasteiger partial charge < -0.3 is 14.3 Å². The summed E-state index contributed by atoms with van der Waals surface area (Å²) in [5.41, 5.74) is 2.91. The number of piperidine rings is 1. The van der Waals surface area contributed by atoms with Gasteiger partial charge in [-0.25, -0.2) is 4.98 Å². The maximum absolute atomic E-state index is 13.2. The third-order valence-corrected chi connectivity index (χ3v) is 6.21. The fraction of sp³-hybridized carbons (Fsp3) is 0.409. The van der Waals surface area contributed by atoms with Crippen molar-refractivity contribution in [2.24, 2.45) is 5.92 Å². The zero-order chi connectivity index (χ0) is 19.3. The quantitative estimate of drug-likeness (QED) is 0.700. The van der Waals surface area contributed by atoms with Crippen molar-refractivity contribution in [1.29, 1.82) is 0 Å². The number of rotatable bonds is 3. The van der Waals surface area contributed by atoms with Crippen LogP contribution in [0.4, 0.5) is 5.82 Å². The van der Waals surface area contributed by atoms with Crippen LogP contribution in [0.2, 0.25) is 0 Å². The molecule has 0 saturated carbocycles. The van der Waals surface area contributed by atoms with Gasteiger partial charge in [-0.15, -0.1) is 0 Å². The maximum Gasteiger partial charge on any atom is 0.228 e. The highest BCUT2D eigenvalue weighted by Gasteiger charge is 2.41. The van der Waals surface area contributed by atoms with Crippen molar-refractivity contribution in [3.05, 3.63) is 53.4 Å². The molecule has 0 spiro atoms. The fourth-order valence-corrected chi connectivity index (χ4v) is 4.56. The summed E-state index contributed by atoms with van der Waals surface area (Å²) in [5.74, 6) is 2.04. The number of aromatic nitrogens is 2. The van der Waals surface area contributed by atoms with Gasteiger partial charge in [-0.1, -0.05) is 23.4 Å². The number of aryl methyl sites for hydroxylation is 2. The minimum atomic E-state index is 0.0208. The Morgan fingerprint density at radius 1 is 1.11 bits per heavy atom.